The lowest BCUT2D eigenvalue weighted by molar-refractivity contribution is -0.143. The Kier molecular flexibility index (Phi) is 4.29. The topological polar surface area (TPSA) is 69.6 Å². The fraction of sp³-hybridized carbons (Fsp3) is 0.375. The van der Waals surface area contributed by atoms with Crippen LogP contribution in [0.5, 0.6) is 0 Å². The maximum absolute atomic E-state index is 12.2. The van der Waals surface area contributed by atoms with Gasteiger partial charge in [0.2, 0.25) is 0 Å². The normalized spacial score (nSPS) is 18.4. The standard InChI is InChI=1S/C16H18N2O3S/c19-15(20)13-2-1-6-18(10-13)16(21)17-9-11-3-4-14-12(8-11)5-7-22-14/h3-5,7-8,13H,1-2,6,9-10H2,(H,17,21)(H,19,20). The van der Waals surface area contributed by atoms with Crippen molar-refractivity contribution in [2.75, 3.05) is 13.1 Å². The van der Waals surface area contributed by atoms with Crippen molar-refractivity contribution >= 4 is 33.4 Å². The molecule has 2 aromatic rings. The predicted octanol–water partition coefficient (Wildman–Crippen LogP) is 2.91. The van der Waals surface area contributed by atoms with Gasteiger partial charge in [0.25, 0.3) is 0 Å². The van der Waals surface area contributed by atoms with Crippen molar-refractivity contribution in [2.24, 2.45) is 5.92 Å². The van der Waals surface area contributed by atoms with E-state index in [0.29, 0.717) is 26.1 Å². The summed E-state index contributed by atoms with van der Waals surface area (Å²) in [5.41, 5.74) is 1.05. The Morgan fingerprint density at radius 2 is 2.23 bits per heavy atom. The first-order valence-electron chi connectivity index (χ1n) is 7.35. The van der Waals surface area contributed by atoms with Crippen molar-refractivity contribution in [3.05, 3.63) is 35.2 Å². The molecule has 2 N–H and O–H groups in total. The van der Waals surface area contributed by atoms with E-state index in [9.17, 15) is 9.59 Å². The zero-order valence-corrected chi connectivity index (χ0v) is 12.9. The number of nitrogens with zero attached hydrogens (tertiary/aromatic N) is 1. The van der Waals surface area contributed by atoms with Crippen molar-refractivity contribution in [1.29, 1.82) is 0 Å². The highest BCUT2D eigenvalue weighted by Crippen LogP contribution is 2.22. The van der Waals surface area contributed by atoms with Crippen LogP contribution in [0.3, 0.4) is 0 Å². The van der Waals surface area contributed by atoms with Crippen LogP contribution in [0, 0.1) is 5.92 Å². The summed E-state index contributed by atoms with van der Waals surface area (Å²) in [5, 5.41) is 15.2. The largest absolute Gasteiger partial charge is 0.481 e. The van der Waals surface area contributed by atoms with Crippen molar-refractivity contribution < 1.29 is 14.7 Å². The number of aliphatic carboxylic acids is 1. The van der Waals surface area contributed by atoms with E-state index in [1.165, 1.54) is 10.1 Å². The number of carbonyl (C=O) groups excluding carboxylic acids is 1. The second-order valence-corrected chi connectivity index (χ2v) is 6.52. The third-order valence-corrected chi connectivity index (χ3v) is 4.92. The highest BCUT2D eigenvalue weighted by molar-refractivity contribution is 7.17. The van der Waals surface area contributed by atoms with Gasteiger partial charge in [-0.2, -0.15) is 0 Å². The minimum atomic E-state index is -0.819. The highest BCUT2D eigenvalue weighted by Gasteiger charge is 2.27. The van der Waals surface area contributed by atoms with E-state index >= 15 is 0 Å². The van der Waals surface area contributed by atoms with Crippen LogP contribution in [-0.4, -0.2) is 35.1 Å². The summed E-state index contributed by atoms with van der Waals surface area (Å²) in [5.74, 6) is -1.26. The van der Waals surface area contributed by atoms with Gasteiger partial charge in [-0.3, -0.25) is 4.79 Å². The Bertz CT molecular complexity index is 698. The lowest BCUT2D eigenvalue weighted by Gasteiger charge is -2.30. The number of urea groups is 1. The van der Waals surface area contributed by atoms with Gasteiger partial charge in [-0.1, -0.05) is 6.07 Å². The first-order chi connectivity index (χ1) is 10.6. The number of likely N-dealkylation sites (tertiary alicyclic amines) is 1. The van der Waals surface area contributed by atoms with E-state index < -0.39 is 11.9 Å². The van der Waals surface area contributed by atoms with E-state index in [1.807, 2.05) is 11.4 Å². The van der Waals surface area contributed by atoms with E-state index in [-0.39, 0.29) is 6.03 Å². The minimum absolute atomic E-state index is 0.184. The van der Waals surface area contributed by atoms with Crippen molar-refractivity contribution in [2.45, 2.75) is 19.4 Å². The minimum Gasteiger partial charge on any atom is -0.481 e. The molecule has 1 aromatic carbocycles. The van der Waals surface area contributed by atoms with Gasteiger partial charge in [0.1, 0.15) is 0 Å². The van der Waals surface area contributed by atoms with Crippen molar-refractivity contribution in [3.8, 4) is 0 Å². The molecule has 1 saturated heterocycles. The van der Waals surface area contributed by atoms with Gasteiger partial charge < -0.3 is 15.3 Å². The first-order valence-corrected chi connectivity index (χ1v) is 8.23. The number of carbonyl (C=O) groups is 2. The van der Waals surface area contributed by atoms with E-state index in [2.05, 4.69) is 23.5 Å². The average Bonchev–Trinajstić information content (AvgIpc) is 3.00. The number of piperidine rings is 1. The summed E-state index contributed by atoms with van der Waals surface area (Å²) in [6.45, 7) is 1.38. The summed E-state index contributed by atoms with van der Waals surface area (Å²) in [6.07, 6.45) is 1.39. The Labute approximate surface area is 132 Å². The average molecular weight is 318 g/mol. The highest BCUT2D eigenvalue weighted by atomic mass is 32.1. The van der Waals surface area contributed by atoms with E-state index in [0.717, 1.165) is 12.0 Å². The number of benzene rings is 1. The Morgan fingerprint density at radius 1 is 1.36 bits per heavy atom. The molecule has 22 heavy (non-hydrogen) atoms. The smallest absolute Gasteiger partial charge is 0.317 e. The third kappa shape index (κ3) is 3.22. The van der Waals surface area contributed by atoms with Crippen molar-refractivity contribution in [1.82, 2.24) is 10.2 Å². The quantitative estimate of drug-likeness (QED) is 0.914. The summed E-state index contributed by atoms with van der Waals surface area (Å²) < 4.78 is 1.23. The van der Waals surface area contributed by atoms with Gasteiger partial charge >= 0.3 is 12.0 Å². The zero-order valence-electron chi connectivity index (χ0n) is 12.1. The molecule has 3 rings (SSSR count). The molecule has 1 atom stereocenters. The summed E-state index contributed by atoms with van der Waals surface area (Å²) >= 11 is 1.69. The number of rotatable bonds is 3. The molecule has 0 saturated carbocycles. The molecule has 0 spiro atoms. The number of carboxylic acid groups (broad SMARTS) is 1. The maximum Gasteiger partial charge on any atom is 0.317 e. The molecule has 1 aromatic heterocycles. The Balaban J connectivity index is 1.58. The Morgan fingerprint density at radius 3 is 3.05 bits per heavy atom. The molecular weight excluding hydrogens is 300 g/mol. The molecule has 0 radical (unpaired) electrons. The van der Waals surface area contributed by atoms with Gasteiger partial charge in [0, 0.05) is 24.3 Å². The van der Waals surface area contributed by atoms with E-state index in [4.69, 9.17) is 5.11 Å². The summed E-state index contributed by atoms with van der Waals surface area (Å²) in [6, 6.07) is 8.02. The molecule has 1 fully saturated rings. The number of nitrogens with one attached hydrogen (secondary N) is 1. The molecule has 116 valence electrons. The molecule has 1 aliphatic rings. The first kappa shape index (κ1) is 14.8. The van der Waals surface area contributed by atoms with Gasteiger partial charge in [0.05, 0.1) is 5.92 Å². The molecule has 2 heterocycles. The van der Waals surface area contributed by atoms with Crippen LogP contribution in [0.25, 0.3) is 10.1 Å². The third-order valence-electron chi connectivity index (χ3n) is 4.02. The van der Waals surface area contributed by atoms with Crippen LogP contribution in [0.15, 0.2) is 29.6 Å². The van der Waals surface area contributed by atoms with Crippen LogP contribution in [0.2, 0.25) is 0 Å². The molecule has 2 amide bonds. The zero-order chi connectivity index (χ0) is 15.5. The number of carboxylic acids is 1. The molecular formula is C16H18N2O3S. The predicted molar refractivity (Wildman–Crippen MR) is 86.0 cm³/mol. The van der Waals surface area contributed by atoms with Gasteiger partial charge in [-0.05, 0) is 47.4 Å². The fourth-order valence-electron chi connectivity index (χ4n) is 2.78. The van der Waals surface area contributed by atoms with Gasteiger partial charge in [0.15, 0.2) is 0 Å². The second-order valence-electron chi connectivity index (χ2n) is 5.57. The molecule has 5 nitrogen and oxygen atoms in total. The van der Waals surface area contributed by atoms with Crippen LogP contribution >= 0.6 is 11.3 Å². The number of fused-ring (bicyclic) bond motifs is 1. The summed E-state index contributed by atoms with van der Waals surface area (Å²) in [7, 11) is 0. The van der Waals surface area contributed by atoms with Crippen LogP contribution in [-0.2, 0) is 11.3 Å². The van der Waals surface area contributed by atoms with Gasteiger partial charge in [-0.15, -0.1) is 11.3 Å². The lowest BCUT2D eigenvalue weighted by Crippen LogP contribution is -2.46. The number of amides is 2. The number of hydrogen-bond acceptors (Lipinski definition) is 3. The van der Waals surface area contributed by atoms with Gasteiger partial charge in [-0.25, -0.2) is 4.79 Å². The van der Waals surface area contributed by atoms with Crippen LogP contribution < -0.4 is 5.32 Å². The fourth-order valence-corrected chi connectivity index (χ4v) is 3.55. The monoisotopic (exact) mass is 318 g/mol. The van der Waals surface area contributed by atoms with Crippen molar-refractivity contribution in [3.63, 3.8) is 0 Å². The number of hydrogen-bond donors (Lipinski definition) is 2. The second kappa shape index (κ2) is 6.36. The van der Waals surface area contributed by atoms with Crippen LogP contribution in [0.4, 0.5) is 4.79 Å². The van der Waals surface area contributed by atoms with Crippen LogP contribution in [0.1, 0.15) is 18.4 Å². The molecule has 1 aliphatic heterocycles. The molecule has 6 heteroatoms. The Hall–Kier alpha value is -2.08. The summed E-state index contributed by atoms with van der Waals surface area (Å²) in [4.78, 5) is 24.8. The molecule has 1 unspecified atom stereocenters. The molecule has 0 aliphatic carbocycles. The van der Waals surface area contributed by atoms with E-state index in [1.54, 1.807) is 16.2 Å². The number of thiophene rings is 1. The molecule has 0 bridgehead atoms. The lowest BCUT2D eigenvalue weighted by atomic mass is 9.99. The maximum atomic E-state index is 12.2. The SMILES string of the molecule is O=C(O)C1CCCN(C(=O)NCc2ccc3sccc3c2)C1.